The first kappa shape index (κ1) is 21.0. The molecule has 0 aromatic heterocycles. The van der Waals surface area contributed by atoms with Gasteiger partial charge >= 0.3 is 0 Å². The van der Waals surface area contributed by atoms with Gasteiger partial charge in [-0.15, -0.1) is 24.0 Å². The average Bonchev–Trinajstić information content (AvgIpc) is 3.17. The van der Waals surface area contributed by atoms with Crippen molar-refractivity contribution in [1.29, 1.82) is 0 Å². The molecule has 0 unspecified atom stereocenters. The maximum atomic E-state index is 12.4. The Morgan fingerprint density at radius 3 is 2.38 bits per heavy atom. The summed E-state index contributed by atoms with van der Waals surface area (Å²) in [6.45, 7) is 8.99. The Bertz CT molecular complexity index is 634. The molecule has 2 aliphatic heterocycles. The van der Waals surface area contributed by atoms with Crippen LogP contribution in [-0.2, 0) is 17.9 Å². The van der Waals surface area contributed by atoms with Crippen LogP contribution < -0.4 is 5.32 Å². The third-order valence-corrected chi connectivity index (χ3v) is 5.23. The van der Waals surface area contributed by atoms with E-state index in [1.165, 1.54) is 17.5 Å². The first-order chi connectivity index (χ1) is 12.0. The van der Waals surface area contributed by atoms with Gasteiger partial charge in [0, 0.05) is 46.2 Å². The van der Waals surface area contributed by atoms with Crippen LogP contribution in [0.4, 0.5) is 0 Å². The lowest BCUT2D eigenvalue weighted by atomic mass is 9.93. The maximum Gasteiger partial charge on any atom is 0.223 e. The lowest BCUT2D eigenvalue weighted by Crippen LogP contribution is -2.41. The molecule has 1 saturated heterocycles. The minimum atomic E-state index is 0. The number of guanidine groups is 1. The van der Waals surface area contributed by atoms with Gasteiger partial charge < -0.3 is 15.1 Å². The van der Waals surface area contributed by atoms with E-state index in [4.69, 9.17) is 0 Å². The molecule has 3 rings (SSSR count). The van der Waals surface area contributed by atoms with Crippen LogP contribution in [0.3, 0.4) is 0 Å². The van der Waals surface area contributed by atoms with Crippen LogP contribution in [0.2, 0.25) is 0 Å². The van der Waals surface area contributed by atoms with Crippen molar-refractivity contribution in [1.82, 2.24) is 15.1 Å². The quantitative estimate of drug-likeness (QED) is 0.318. The van der Waals surface area contributed by atoms with Crippen molar-refractivity contribution >= 4 is 35.8 Å². The highest BCUT2D eigenvalue weighted by molar-refractivity contribution is 14.0. The molecule has 26 heavy (non-hydrogen) atoms. The number of nitrogens with one attached hydrogen (secondary N) is 1. The summed E-state index contributed by atoms with van der Waals surface area (Å²) in [7, 11) is 1.83. The number of carbonyl (C=O) groups excluding carboxylic acids is 1. The largest absolute Gasteiger partial charge is 0.356 e. The van der Waals surface area contributed by atoms with Gasteiger partial charge in [0.1, 0.15) is 0 Å². The molecule has 0 saturated carbocycles. The smallest absolute Gasteiger partial charge is 0.223 e. The van der Waals surface area contributed by atoms with Crippen LogP contribution in [0, 0.1) is 5.41 Å². The highest BCUT2D eigenvalue weighted by atomic mass is 127. The summed E-state index contributed by atoms with van der Waals surface area (Å²) in [6.07, 6.45) is 2.62. The second kappa shape index (κ2) is 9.06. The average molecular weight is 470 g/mol. The van der Waals surface area contributed by atoms with E-state index in [9.17, 15) is 4.79 Å². The number of aliphatic imine (C=N–C) groups is 1. The Hall–Kier alpha value is -1.31. The van der Waals surface area contributed by atoms with Crippen molar-refractivity contribution in [3.05, 3.63) is 35.4 Å². The van der Waals surface area contributed by atoms with Crippen molar-refractivity contribution in [2.45, 2.75) is 46.2 Å². The zero-order valence-corrected chi connectivity index (χ0v) is 18.5. The van der Waals surface area contributed by atoms with Gasteiger partial charge in [0.05, 0.1) is 0 Å². The number of hydrogen-bond acceptors (Lipinski definition) is 2. The zero-order chi connectivity index (χ0) is 17.9. The fourth-order valence-corrected chi connectivity index (χ4v) is 3.73. The first-order valence-corrected chi connectivity index (χ1v) is 9.29. The SMILES string of the molecule is CN=C(NCCCC(=O)N1Cc2ccccc2C1)N1CCC(C)(C)C1.I. The highest BCUT2D eigenvalue weighted by Crippen LogP contribution is 2.28. The molecular formula is C20H31IN4O. The van der Waals surface area contributed by atoms with Gasteiger partial charge in [-0.2, -0.15) is 0 Å². The van der Waals surface area contributed by atoms with Crippen molar-refractivity contribution in [3.63, 3.8) is 0 Å². The molecule has 0 radical (unpaired) electrons. The van der Waals surface area contributed by atoms with Gasteiger partial charge in [0.15, 0.2) is 5.96 Å². The van der Waals surface area contributed by atoms with Gasteiger partial charge in [-0.3, -0.25) is 9.79 Å². The summed E-state index contributed by atoms with van der Waals surface area (Å²) in [5.41, 5.74) is 2.93. The van der Waals surface area contributed by atoms with Crippen LogP contribution in [0.25, 0.3) is 0 Å². The van der Waals surface area contributed by atoms with E-state index in [1.807, 2.05) is 24.1 Å². The lowest BCUT2D eigenvalue weighted by Gasteiger charge is -2.23. The highest BCUT2D eigenvalue weighted by Gasteiger charge is 2.30. The number of nitrogens with zero attached hydrogens (tertiary/aromatic N) is 3. The molecule has 0 spiro atoms. The molecule has 144 valence electrons. The Morgan fingerprint density at radius 2 is 1.85 bits per heavy atom. The number of rotatable bonds is 4. The van der Waals surface area contributed by atoms with Crippen molar-refractivity contribution in [2.24, 2.45) is 10.4 Å². The van der Waals surface area contributed by atoms with E-state index in [2.05, 4.69) is 41.2 Å². The molecule has 1 amide bonds. The van der Waals surface area contributed by atoms with E-state index >= 15 is 0 Å². The minimum Gasteiger partial charge on any atom is -0.356 e. The molecule has 0 bridgehead atoms. The molecule has 1 aromatic rings. The third-order valence-electron chi connectivity index (χ3n) is 5.23. The normalized spacial score (nSPS) is 18.5. The second-order valence-electron chi connectivity index (χ2n) is 7.93. The number of halogens is 1. The second-order valence-corrected chi connectivity index (χ2v) is 7.93. The fraction of sp³-hybridized carbons (Fsp3) is 0.600. The Balaban J connectivity index is 0.00000243. The maximum absolute atomic E-state index is 12.4. The molecule has 2 heterocycles. The van der Waals surface area contributed by atoms with Gasteiger partial charge in [-0.25, -0.2) is 0 Å². The molecule has 1 fully saturated rings. The number of fused-ring (bicyclic) bond motifs is 1. The molecule has 2 aliphatic rings. The topological polar surface area (TPSA) is 47.9 Å². The Kier molecular flexibility index (Phi) is 7.32. The minimum absolute atomic E-state index is 0. The summed E-state index contributed by atoms with van der Waals surface area (Å²) in [4.78, 5) is 21.1. The summed E-state index contributed by atoms with van der Waals surface area (Å²) in [5, 5.41) is 3.42. The number of likely N-dealkylation sites (tertiary alicyclic amines) is 1. The van der Waals surface area contributed by atoms with Gasteiger partial charge in [-0.1, -0.05) is 38.1 Å². The van der Waals surface area contributed by atoms with Gasteiger partial charge in [0.25, 0.3) is 0 Å². The molecular weight excluding hydrogens is 439 g/mol. The molecule has 1 aromatic carbocycles. The molecule has 1 N–H and O–H groups in total. The summed E-state index contributed by atoms with van der Waals surface area (Å²) in [6, 6.07) is 8.32. The Labute approximate surface area is 174 Å². The molecule has 5 nitrogen and oxygen atoms in total. The lowest BCUT2D eigenvalue weighted by molar-refractivity contribution is -0.131. The van der Waals surface area contributed by atoms with Crippen LogP contribution >= 0.6 is 24.0 Å². The van der Waals surface area contributed by atoms with E-state index in [0.717, 1.165) is 45.1 Å². The first-order valence-electron chi connectivity index (χ1n) is 9.29. The summed E-state index contributed by atoms with van der Waals surface area (Å²) < 4.78 is 0. The van der Waals surface area contributed by atoms with E-state index in [0.29, 0.717) is 11.8 Å². The van der Waals surface area contributed by atoms with Crippen molar-refractivity contribution < 1.29 is 4.79 Å². The van der Waals surface area contributed by atoms with Crippen LogP contribution in [0.5, 0.6) is 0 Å². The monoisotopic (exact) mass is 470 g/mol. The van der Waals surface area contributed by atoms with Crippen LogP contribution in [0.1, 0.15) is 44.2 Å². The van der Waals surface area contributed by atoms with Crippen molar-refractivity contribution in [2.75, 3.05) is 26.7 Å². The standard InChI is InChI=1S/C20H30N4O.HI/c1-20(2)10-12-23(15-20)19(21-3)22-11-6-9-18(25)24-13-16-7-4-5-8-17(16)14-24;/h4-5,7-8H,6,9-15H2,1-3H3,(H,21,22);1H. The summed E-state index contributed by atoms with van der Waals surface area (Å²) >= 11 is 0. The zero-order valence-electron chi connectivity index (χ0n) is 16.1. The van der Waals surface area contributed by atoms with E-state index in [1.54, 1.807) is 0 Å². The number of amides is 1. The van der Waals surface area contributed by atoms with Gasteiger partial charge in [-0.05, 0) is 29.4 Å². The van der Waals surface area contributed by atoms with E-state index in [-0.39, 0.29) is 29.9 Å². The van der Waals surface area contributed by atoms with E-state index < -0.39 is 0 Å². The number of benzene rings is 1. The van der Waals surface area contributed by atoms with Crippen LogP contribution in [0.15, 0.2) is 29.3 Å². The van der Waals surface area contributed by atoms with Crippen LogP contribution in [-0.4, -0.2) is 48.3 Å². The number of carbonyl (C=O) groups is 1. The Morgan fingerprint density at radius 1 is 1.19 bits per heavy atom. The molecule has 0 atom stereocenters. The fourth-order valence-electron chi connectivity index (χ4n) is 3.73. The predicted molar refractivity (Wildman–Crippen MR) is 117 cm³/mol. The van der Waals surface area contributed by atoms with Crippen molar-refractivity contribution in [3.8, 4) is 0 Å². The predicted octanol–water partition coefficient (Wildman–Crippen LogP) is 3.23. The molecule has 6 heteroatoms. The third kappa shape index (κ3) is 5.11. The number of hydrogen-bond donors (Lipinski definition) is 1. The van der Waals surface area contributed by atoms with Gasteiger partial charge in [0.2, 0.25) is 5.91 Å². The summed E-state index contributed by atoms with van der Waals surface area (Å²) in [5.74, 6) is 1.21. The molecule has 0 aliphatic carbocycles.